The summed E-state index contributed by atoms with van der Waals surface area (Å²) in [6.07, 6.45) is 3.04. The van der Waals surface area contributed by atoms with Crippen molar-refractivity contribution in [3.63, 3.8) is 0 Å². The minimum atomic E-state index is -0.0312. The van der Waals surface area contributed by atoms with Crippen molar-refractivity contribution in [2.45, 2.75) is 46.1 Å². The molecule has 1 heterocycles. The second-order valence-electron chi connectivity index (χ2n) is 5.55. The minimum Gasteiger partial charge on any atom is -0.310 e. The highest BCUT2D eigenvalue weighted by Gasteiger charge is 2.30. The van der Waals surface area contributed by atoms with Crippen LogP contribution in [0.1, 0.15) is 37.3 Å². The summed E-state index contributed by atoms with van der Waals surface area (Å²) in [5, 5.41) is 3.36. The van der Waals surface area contributed by atoms with Crippen LogP contribution in [0.4, 0.5) is 5.69 Å². The molecule has 3 nitrogen and oxygen atoms in total. The van der Waals surface area contributed by atoms with Gasteiger partial charge in [0.2, 0.25) is 5.91 Å². The van der Waals surface area contributed by atoms with E-state index in [2.05, 4.69) is 54.2 Å². The first-order chi connectivity index (χ1) is 9.54. The van der Waals surface area contributed by atoms with E-state index < -0.39 is 0 Å². The summed E-state index contributed by atoms with van der Waals surface area (Å²) >= 11 is 3.62. The molecule has 4 heteroatoms. The summed E-state index contributed by atoms with van der Waals surface area (Å²) in [5.74, 6) is 0.206. The molecule has 1 saturated heterocycles. The van der Waals surface area contributed by atoms with E-state index in [1.54, 1.807) is 0 Å². The fourth-order valence-electron chi connectivity index (χ4n) is 2.86. The molecule has 1 aromatic carbocycles. The van der Waals surface area contributed by atoms with E-state index in [9.17, 15) is 4.79 Å². The topological polar surface area (TPSA) is 32.3 Å². The first kappa shape index (κ1) is 15.5. The number of benzene rings is 1. The first-order valence-electron chi connectivity index (χ1n) is 7.36. The number of hydrogen-bond acceptors (Lipinski definition) is 2. The van der Waals surface area contributed by atoms with Gasteiger partial charge in [0, 0.05) is 11.0 Å². The smallest absolute Gasteiger partial charge is 0.244 e. The fourth-order valence-corrected chi connectivity index (χ4v) is 3.74. The number of piperidine rings is 1. The van der Waals surface area contributed by atoms with Gasteiger partial charge in [0.15, 0.2) is 0 Å². The first-order valence-corrected chi connectivity index (χ1v) is 8.15. The van der Waals surface area contributed by atoms with Gasteiger partial charge in [-0.1, -0.05) is 13.0 Å². The van der Waals surface area contributed by atoms with Gasteiger partial charge in [0.1, 0.15) is 0 Å². The molecule has 110 valence electrons. The molecule has 1 fully saturated rings. The van der Waals surface area contributed by atoms with Crippen LogP contribution < -0.4 is 10.2 Å². The molecule has 1 atom stereocenters. The monoisotopic (exact) mass is 338 g/mol. The molecule has 0 saturated carbocycles. The summed E-state index contributed by atoms with van der Waals surface area (Å²) in [6, 6.07) is 4.19. The number of nitrogens with zero attached hydrogens (tertiary/aromatic N) is 1. The van der Waals surface area contributed by atoms with E-state index in [0.717, 1.165) is 48.1 Å². The molecule has 1 aliphatic rings. The van der Waals surface area contributed by atoms with E-state index in [4.69, 9.17) is 0 Å². The van der Waals surface area contributed by atoms with E-state index in [1.807, 2.05) is 4.90 Å². The molecule has 0 spiro atoms. The molecule has 0 aromatic heterocycles. The van der Waals surface area contributed by atoms with Crippen molar-refractivity contribution in [2.24, 2.45) is 0 Å². The predicted molar refractivity (Wildman–Crippen MR) is 87.3 cm³/mol. The summed E-state index contributed by atoms with van der Waals surface area (Å²) in [7, 11) is 0. The van der Waals surface area contributed by atoms with Crippen LogP contribution in [-0.2, 0) is 4.79 Å². The van der Waals surface area contributed by atoms with Gasteiger partial charge in [-0.15, -0.1) is 0 Å². The third-order valence-electron chi connectivity index (χ3n) is 3.75. The van der Waals surface area contributed by atoms with Gasteiger partial charge in [0.05, 0.1) is 11.7 Å². The Bertz CT molecular complexity index is 478. The molecule has 2 rings (SSSR count). The molecule has 1 N–H and O–H groups in total. The number of rotatable bonds is 4. The van der Waals surface area contributed by atoms with Crippen LogP contribution in [0.25, 0.3) is 0 Å². The van der Waals surface area contributed by atoms with Crippen LogP contribution in [0, 0.1) is 13.8 Å². The largest absolute Gasteiger partial charge is 0.310 e. The van der Waals surface area contributed by atoms with Gasteiger partial charge >= 0.3 is 0 Å². The molecule has 0 radical (unpaired) electrons. The highest BCUT2D eigenvalue weighted by Crippen LogP contribution is 2.33. The molecule has 20 heavy (non-hydrogen) atoms. The zero-order valence-corrected chi connectivity index (χ0v) is 14.1. The number of nitrogens with one attached hydrogen (secondary N) is 1. The number of amides is 1. The average molecular weight is 339 g/mol. The van der Waals surface area contributed by atoms with Gasteiger partial charge in [-0.05, 0) is 72.8 Å². The van der Waals surface area contributed by atoms with Gasteiger partial charge in [-0.2, -0.15) is 0 Å². The third kappa shape index (κ3) is 3.23. The normalized spacial score (nSPS) is 19.5. The van der Waals surface area contributed by atoms with Crippen LogP contribution in [0.5, 0.6) is 0 Å². The quantitative estimate of drug-likeness (QED) is 0.910. The third-order valence-corrected chi connectivity index (χ3v) is 4.35. The second kappa shape index (κ2) is 6.72. The standard InChI is InChI=1S/C16H23BrN2O/c1-4-7-18-14-6-5-8-19(16(14)20)15-12(3)9-11(2)10-13(15)17/h9-10,14,18H,4-8H2,1-3H3. The van der Waals surface area contributed by atoms with Crippen molar-refractivity contribution in [2.75, 3.05) is 18.0 Å². The summed E-state index contributed by atoms with van der Waals surface area (Å²) in [4.78, 5) is 14.6. The molecular formula is C16H23BrN2O. The average Bonchev–Trinajstić information content (AvgIpc) is 2.38. The Hall–Kier alpha value is -0.870. The number of aryl methyl sites for hydroxylation is 2. The maximum absolute atomic E-state index is 12.7. The lowest BCUT2D eigenvalue weighted by Crippen LogP contribution is -2.51. The van der Waals surface area contributed by atoms with E-state index in [1.165, 1.54) is 5.56 Å². The molecule has 1 unspecified atom stereocenters. The lowest BCUT2D eigenvalue weighted by Gasteiger charge is -2.34. The zero-order valence-electron chi connectivity index (χ0n) is 12.5. The SMILES string of the molecule is CCCNC1CCCN(c2c(C)cc(C)cc2Br)C1=O. The van der Waals surface area contributed by atoms with Crippen LogP contribution in [-0.4, -0.2) is 25.0 Å². The van der Waals surface area contributed by atoms with Crippen LogP contribution in [0.3, 0.4) is 0 Å². The summed E-state index contributed by atoms with van der Waals surface area (Å²) < 4.78 is 1.01. The van der Waals surface area contributed by atoms with Crippen LogP contribution in [0.2, 0.25) is 0 Å². The Morgan fingerprint density at radius 2 is 2.15 bits per heavy atom. The number of carbonyl (C=O) groups excluding carboxylic acids is 1. The fraction of sp³-hybridized carbons (Fsp3) is 0.562. The Kier molecular flexibility index (Phi) is 5.22. The van der Waals surface area contributed by atoms with Gasteiger partial charge in [-0.25, -0.2) is 0 Å². The van der Waals surface area contributed by atoms with E-state index >= 15 is 0 Å². The zero-order chi connectivity index (χ0) is 14.7. The van der Waals surface area contributed by atoms with Crippen molar-refractivity contribution in [1.29, 1.82) is 0 Å². The summed E-state index contributed by atoms with van der Waals surface area (Å²) in [5.41, 5.74) is 3.40. The van der Waals surface area contributed by atoms with Crippen molar-refractivity contribution < 1.29 is 4.79 Å². The Morgan fingerprint density at radius 1 is 1.40 bits per heavy atom. The number of hydrogen-bond donors (Lipinski definition) is 1. The number of halogens is 1. The van der Waals surface area contributed by atoms with Crippen molar-refractivity contribution in [3.05, 3.63) is 27.7 Å². The van der Waals surface area contributed by atoms with Crippen LogP contribution >= 0.6 is 15.9 Å². The molecule has 1 amide bonds. The molecular weight excluding hydrogens is 316 g/mol. The van der Waals surface area contributed by atoms with E-state index in [0.29, 0.717) is 0 Å². The second-order valence-corrected chi connectivity index (χ2v) is 6.41. The van der Waals surface area contributed by atoms with Gasteiger partial charge < -0.3 is 10.2 Å². The Labute approximate surface area is 129 Å². The molecule has 1 aliphatic heterocycles. The van der Waals surface area contributed by atoms with Crippen molar-refractivity contribution in [3.8, 4) is 0 Å². The number of anilines is 1. The number of carbonyl (C=O) groups is 1. The maximum atomic E-state index is 12.7. The highest BCUT2D eigenvalue weighted by atomic mass is 79.9. The Morgan fingerprint density at radius 3 is 2.80 bits per heavy atom. The van der Waals surface area contributed by atoms with Crippen molar-refractivity contribution in [1.82, 2.24) is 5.32 Å². The summed E-state index contributed by atoms with van der Waals surface area (Å²) in [6.45, 7) is 7.98. The molecule has 1 aromatic rings. The van der Waals surface area contributed by atoms with Gasteiger partial charge in [-0.3, -0.25) is 4.79 Å². The lowest BCUT2D eigenvalue weighted by atomic mass is 10.0. The highest BCUT2D eigenvalue weighted by molar-refractivity contribution is 9.10. The molecule has 0 bridgehead atoms. The minimum absolute atomic E-state index is 0.0312. The maximum Gasteiger partial charge on any atom is 0.244 e. The van der Waals surface area contributed by atoms with Gasteiger partial charge in [0.25, 0.3) is 0 Å². The van der Waals surface area contributed by atoms with Crippen molar-refractivity contribution >= 4 is 27.5 Å². The molecule has 0 aliphatic carbocycles. The lowest BCUT2D eigenvalue weighted by molar-refractivity contribution is -0.121. The Balaban J connectivity index is 2.26. The van der Waals surface area contributed by atoms with E-state index in [-0.39, 0.29) is 11.9 Å². The van der Waals surface area contributed by atoms with Crippen LogP contribution in [0.15, 0.2) is 16.6 Å². The predicted octanol–water partition coefficient (Wildman–Crippen LogP) is 3.56.